The molecule has 18 heavy (non-hydrogen) atoms. The summed E-state index contributed by atoms with van der Waals surface area (Å²) in [5.41, 5.74) is 1.11. The van der Waals surface area contributed by atoms with Gasteiger partial charge in [0.15, 0.2) is 5.58 Å². The van der Waals surface area contributed by atoms with Gasteiger partial charge in [-0.15, -0.1) is 0 Å². The quantitative estimate of drug-likeness (QED) is 0.867. The van der Waals surface area contributed by atoms with Gasteiger partial charge in [-0.2, -0.15) is 4.98 Å². The lowest BCUT2D eigenvalue weighted by Gasteiger charge is -2.40. The average Bonchev–Trinajstić information content (AvgIpc) is 2.67. The fourth-order valence-corrected chi connectivity index (χ4v) is 2.39. The molecule has 1 saturated carbocycles. The third-order valence-corrected chi connectivity index (χ3v) is 3.47. The summed E-state index contributed by atoms with van der Waals surface area (Å²) in [4.78, 5) is 15.2. The third-order valence-electron chi connectivity index (χ3n) is 3.47. The van der Waals surface area contributed by atoms with E-state index in [9.17, 15) is 4.79 Å². The molecule has 0 radical (unpaired) electrons. The van der Waals surface area contributed by atoms with Crippen molar-refractivity contribution in [3.63, 3.8) is 0 Å². The van der Waals surface area contributed by atoms with Gasteiger partial charge < -0.3 is 14.8 Å². The van der Waals surface area contributed by atoms with Crippen molar-refractivity contribution >= 4 is 23.1 Å². The molecule has 1 aromatic carbocycles. The lowest BCUT2D eigenvalue weighted by Crippen LogP contribution is -2.46. The Balaban J connectivity index is 1.84. The molecule has 1 heterocycles. The monoisotopic (exact) mass is 246 g/mol. The molecule has 2 N–H and O–H groups in total. The Morgan fingerprint density at radius 3 is 2.83 bits per heavy atom. The molecule has 0 amide bonds. The van der Waals surface area contributed by atoms with Gasteiger partial charge in [0.2, 0.25) is 0 Å². The predicted molar refractivity (Wildman–Crippen MR) is 66.5 cm³/mol. The van der Waals surface area contributed by atoms with E-state index in [4.69, 9.17) is 9.52 Å². The van der Waals surface area contributed by atoms with E-state index >= 15 is 0 Å². The van der Waals surface area contributed by atoms with Crippen LogP contribution in [0.1, 0.15) is 25.7 Å². The molecule has 0 spiro atoms. The van der Waals surface area contributed by atoms with Crippen molar-refractivity contribution in [1.82, 2.24) is 4.98 Å². The van der Waals surface area contributed by atoms with Crippen molar-refractivity contribution in [3.8, 4) is 0 Å². The minimum absolute atomic E-state index is 0.103. The summed E-state index contributed by atoms with van der Waals surface area (Å²) in [6.45, 7) is 0. The largest absolute Gasteiger partial charge is 0.481 e. The van der Waals surface area contributed by atoms with Crippen molar-refractivity contribution in [2.24, 2.45) is 0 Å². The van der Waals surface area contributed by atoms with Crippen LogP contribution in [0.2, 0.25) is 0 Å². The maximum Gasteiger partial charge on any atom is 0.305 e. The second-order valence-electron chi connectivity index (χ2n) is 4.82. The first-order valence-corrected chi connectivity index (χ1v) is 6.02. The van der Waals surface area contributed by atoms with Crippen molar-refractivity contribution in [2.45, 2.75) is 31.2 Å². The Hall–Kier alpha value is -2.04. The molecule has 0 unspecified atom stereocenters. The van der Waals surface area contributed by atoms with Gasteiger partial charge in [-0.1, -0.05) is 12.1 Å². The van der Waals surface area contributed by atoms with Gasteiger partial charge >= 0.3 is 5.97 Å². The summed E-state index contributed by atoms with van der Waals surface area (Å²) in [6.07, 6.45) is 2.84. The fourth-order valence-electron chi connectivity index (χ4n) is 2.39. The smallest absolute Gasteiger partial charge is 0.305 e. The fraction of sp³-hybridized carbons (Fsp3) is 0.385. The van der Waals surface area contributed by atoms with Gasteiger partial charge in [0.25, 0.3) is 6.01 Å². The predicted octanol–water partition coefficient (Wildman–Crippen LogP) is 2.64. The maximum atomic E-state index is 10.9. The van der Waals surface area contributed by atoms with Crippen LogP contribution < -0.4 is 5.32 Å². The summed E-state index contributed by atoms with van der Waals surface area (Å²) in [7, 11) is 0. The van der Waals surface area contributed by atoms with Crippen molar-refractivity contribution in [1.29, 1.82) is 0 Å². The zero-order valence-corrected chi connectivity index (χ0v) is 9.85. The van der Waals surface area contributed by atoms with Crippen molar-refractivity contribution in [3.05, 3.63) is 24.3 Å². The molecule has 2 aromatic rings. The van der Waals surface area contributed by atoms with Gasteiger partial charge in [-0.05, 0) is 31.4 Å². The van der Waals surface area contributed by atoms with Gasteiger partial charge in [0.05, 0.1) is 12.0 Å². The molecule has 5 nitrogen and oxygen atoms in total. The topological polar surface area (TPSA) is 75.4 Å². The Morgan fingerprint density at radius 1 is 1.44 bits per heavy atom. The molecule has 0 saturated heterocycles. The highest BCUT2D eigenvalue weighted by Crippen LogP contribution is 2.38. The second kappa shape index (κ2) is 4.01. The SMILES string of the molecule is O=C(O)CC1(Nc2nc3ccccc3o2)CCC1. The number of carboxylic acids is 1. The molecule has 1 fully saturated rings. The molecular weight excluding hydrogens is 232 g/mol. The molecule has 1 aromatic heterocycles. The van der Waals surface area contributed by atoms with E-state index in [1.54, 1.807) is 0 Å². The summed E-state index contributed by atoms with van der Waals surface area (Å²) in [6, 6.07) is 7.91. The lowest BCUT2D eigenvalue weighted by atomic mass is 9.74. The number of carbonyl (C=O) groups is 1. The number of oxazole rings is 1. The zero-order chi connectivity index (χ0) is 12.6. The first-order chi connectivity index (χ1) is 8.67. The summed E-state index contributed by atoms with van der Waals surface area (Å²) >= 11 is 0. The van der Waals surface area contributed by atoms with Crippen molar-refractivity contribution in [2.75, 3.05) is 5.32 Å². The molecular formula is C13H14N2O3. The number of rotatable bonds is 4. The molecule has 94 valence electrons. The van der Waals surface area contributed by atoms with E-state index < -0.39 is 5.97 Å². The van der Waals surface area contributed by atoms with Crippen LogP contribution in [0, 0.1) is 0 Å². The maximum absolute atomic E-state index is 10.9. The Morgan fingerprint density at radius 2 is 2.22 bits per heavy atom. The van der Waals surface area contributed by atoms with E-state index in [1.165, 1.54) is 0 Å². The number of carboxylic acid groups (broad SMARTS) is 1. The Labute approximate surface area is 104 Å². The van der Waals surface area contributed by atoms with Gasteiger partial charge in [-0.3, -0.25) is 4.79 Å². The number of aromatic nitrogens is 1. The lowest BCUT2D eigenvalue weighted by molar-refractivity contribution is -0.138. The Kier molecular flexibility index (Phi) is 2.47. The molecule has 0 bridgehead atoms. The average molecular weight is 246 g/mol. The summed E-state index contributed by atoms with van der Waals surface area (Å²) < 4.78 is 5.57. The minimum Gasteiger partial charge on any atom is -0.481 e. The van der Waals surface area contributed by atoms with Crippen molar-refractivity contribution < 1.29 is 14.3 Å². The van der Waals surface area contributed by atoms with E-state index in [0.29, 0.717) is 11.6 Å². The van der Waals surface area contributed by atoms with Crippen LogP contribution in [0.5, 0.6) is 0 Å². The number of benzene rings is 1. The molecule has 0 atom stereocenters. The number of hydrogen-bond acceptors (Lipinski definition) is 4. The number of fused-ring (bicyclic) bond motifs is 1. The molecule has 1 aliphatic rings. The van der Waals surface area contributed by atoms with Gasteiger partial charge in [-0.25, -0.2) is 0 Å². The normalized spacial score (nSPS) is 17.3. The Bertz CT molecular complexity index is 554. The number of aliphatic carboxylic acids is 1. The van der Waals surface area contributed by atoms with E-state index in [0.717, 1.165) is 24.8 Å². The van der Waals surface area contributed by atoms with Crippen LogP contribution >= 0.6 is 0 Å². The van der Waals surface area contributed by atoms with E-state index in [-0.39, 0.29) is 12.0 Å². The first kappa shape index (κ1) is 11.1. The standard InChI is InChI=1S/C13H14N2O3/c16-11(17)8-13(6-3-7-13)15-12-14-9-4-1-2-5-10(9)18-12/h1-2,4-5H,3,6-8H2,(H,14,15)(H,16,17). The number of nitrogens with zero attached hydrogens (tertiary/aromatic N) is 1. The van der Waals surface area contributed by atoms with Crippen LogP contribution in [0.25, 0.3) is 11.1 Å². The van der Waals surface area contributed by atoms with E-state index in [1.807, 2.05) is 24.3 Å². The van der Waals surface area contributed by atoms with E-state index in [2.05, 4.69) is 10.3 Å². The van der Waals surface area contributed by atoms with Crippen LogP contribution in [0.4, 0.5) is 6.01 Å². The second-order valence-corrected chi connectivity index (χ2v) is 4.82. The van der Waals surface area contributed by atoms with Gasteiger partial charge in [0.1, 0.15) is 5.52 Å². The number of para-hydroxylation sites is 2. The number of anilines is 1. The van der Waals surface area contributed by atoms with Crippen LogP contribution in [-0.4, -0.2) is 21.6 Å². The minimum atomic E-state index is -0.793. The molecule has 0 aliphatic heterocycles. The zero-order valence-electron chi connectivity index (χ0n) is 9.85. The highest BCUT2D eigenvalue weighted by atomic mass is 16.4. The molecule has 3 rings (SSSR count). The highest BCUT2D eigenvalue weighted by Gasteiger charge is 2.40. The van der Waals surface area contributed by atoms with Gasteiger partial charge in [0, 0.05) is 0 Å². The number of nitrogens with one attached hydrogen (secondary N) is 1. The first-order valence-electron chi connectivity index (χ1n) is 6.02. The summed E-state index contributed by atoms with van der Waals surface area (Å²) in [5.74, 6) is -0.793. The number of hydrogen-bond donors (Lipinski definition) is 2. The van der Waals surface area contributed by atoms with Crippen LogP contribution in [-0.2, 0) is 4.79 Å². The molecule has 1 aliphatic carbocycles. The van der Waals surface area contributed by atoms with Crippen LogP contribution in [0.3, 0.4) is 0 Å². The highest BCUT2D eigenvalue weighted by molar-refractivity contribution is 5.74. The third kappa shape index (κ3) is 1.92. The van der Waals surface area contributed by atoms with Crippen LogP contribution in [0.15, 0.2) is 28.7 Å². The summed E-state index contributed by atoms with van der Waals surface area (Å²) in [5, 5.41) is 12.1. The molecule has 5 heteroatoms.